The van der Waals surface area contributed by atoms with E-state index < -0.39 is 0 Å². The molecule has 6 nitrogen and oxygen atoms in total. The number of hydrogen-bond acceptors (Lipinski definition) is 4. The van der Waals surface area contributed by atoms with E-state index in [0.29, 0.717) is 19.7 Å². The number of ether oxygens (including phenoxy) is 1. The van der Waals surface area contributed by atoms with Gasteiger partial charge in [0.1, 0.15) is 5.69 Å². The Hall–Kier alpha value is -2.47. The normalized spacial score (nSPS) is 11.9. The lowest BCUT2D eigenvalue weighted by Crippen LogP contribution is -2.32. The van der Waals surface area contributed by atoms with Gasteiger partial charge in [-0.15, -0.1) is 0 Å². The second-order valence-electron chi connectivity index (χ2n) is 5.50. The molecule has 1 heterocycles. The third kappa shape index (κ3) is 4.76. The van der Waals surface area contributed by atoms with E-state index in [1.165, 1.54) is 22.4 Å². The van der Waals surface area contributed by atoms with E-state index in [4.69, 9.17) is 4.74 Å². The lowest BCUT2D eigenvalue weighted by molar-refractivity contribution is 0.0942. The van der Waals surface area contributed by atoms with Crippen LogP contribution in [-0.2, 0) is 11.3 Å². The van der Waals surface area contributed by atoms with Crippen LogP contribution < -0.4 is 10.9 Å². The topological polar surface area (TPSA) is 73.2 Å². The van der Waals surface area contributed by atoms with Gasteiger partial charge in [-0.3, -0.25) is 9.59 Å². The fourth-order valence-corrected chi connectivity index (χ4v) is 2.44. The Kier molecular flexibility index (Phi) is 6.69. The molecule has 0 saturated carbocycles. The predicted octanol–water partition coefficient (Wildman–Crippen LogP) is 1.81. The van der Waals surface area contributed by atoms with Gasteiger partial charge in [0.25, 0.3) is 11.5 Å². The van der Waals surface area contributed by atoms with Gasteiger partial charge in [-0.25, -0.2) is 4.68 Å². The molecule has 6 heteroatoms. The highest BCUT2D eigenvalue weighted by Gasteiger charge is 2.13. The molecule has 2 aromatic rings. The lowest BCUT2D eigenvalue weighted by Gasteiger charge is -2.16. The maximum Gasteiger partial charge on any atom is 0.271 e. The first-order chi connectivity index (χ1) is 11.7. The van der Waals surface area contributed by atoms with Crippen molar-refractivity contribution in [1.29, 1.82) is 0 Å². The monoisotopic (exact) mass is 329 g/mol. The highest BCUT2D eigenvalue weighted by atomic mass is 16.5. The van der Waals surface area contributed by atoms with Gasteiger partial charge in [0.05, 0.1) is 13.2 Å². The molecule has 0 spiro atoms. The number of carbonyl (C=O) groups excluding carboxylic acids is 1. The number of amides is 1. The van der Waals surface area contributed by atoms with E-state index in [2.05, 4.69) is 29.5 Å². The van der Waals surface area contributed by atoms with Crippen LogP contribution in [0.25, 0.3) is 0 Å². The van der Waals surface area contributed by atoms with Crippen molar-refractivity contribution in [1.82, 2.24) is 15.1 Å². The van der Waals surface area contributed by atoms with Crippen molar-refractivity contribution in [3.05, 3.63) is 64.1 Å². The van der Waals surface area contributed by atoms with Gasteiger partial charge in [0.2, 0.25) is 0 Å². The highest BCUT2D eigenvalue weighted by molar-refractivity contribution is 5.92. The number of aromatic nitrogens is 2. The number of nitrogens with zero attached hydrogens (tertiary/aromatic N) is 2. The van der Waals surface area contributed by atoms with Crippen molar-refractivity contribution in [3.8, 4) is 0 Å². The van der Waals surface area contributed by atoms with Crippen molar-refractivity contribution in [2.24, 2.45) is 0 Å². The van der Waals surface area contributed by atoms with Crippen molar-refractivity contribution >= 4 is 5.91 Å². The Labute approximate surface area is 141 Å². The molecule has 128 valence electrons. The third-order valence-electron chi connectivity index (χ3n) is 3.88. The predicted molar refractivity (Wildman–Crippen MR) is 92.2 cm³/mol. The van der Waals surface area contributed by atoms with Gasteiger partial charge in [-0.05, 0) is 18.1 Å². The number of carbonyl (C=O) groups is 1. The Balaban J connectivity index is 2.02. The van der Waals surface area contributed by atoms with Crippen LogP contribution >= 0.6 is 0 Å². The van der Waals surface area contributed by atoms with Gasteiger partial charge in [0.15, 0.2) is 0 Å². The Morgan fingerprint density at radius 3 is 2.67 bits per heavy atom. The number of hydrogen-bond donors (Lipinski definition) is 1. The van der Waals surface area contributed by atoms with Crippen LogP contribution in [-0.4, -0.2) is 35.9 Å². The van der Waals surface area contributed by atoms with Crippen LogP contribution in [0.2, 0.25) is 0 Å². The van der Waals surface area contributed by atoms with Crippen LogP contribution in [0.15, 0.2) is 47.3 Å². The van der Waals surface area contributed by atoms with Crippen LogP contribution in [0, 0.1) is 0 Å². The highest BCUT2D eigenvalue weighted by Crippen LogP contribution is 2.17. The minimum atomic E-state index is -0.282. The molecule has 1 atom stereocenters. The smallest absolute Gasteiger partial charge is 0.271 e. The minimum absolute atomic E-state index is 0.230. The molecule has 1 aromatic carbocycles. The number of methoxy groups -OCH3 is 1. The van der Waals surface area contributed by atoms with Crippen molar-refractivity contribution in [2.45, 2.75) is 25.8 Å². The Morgan fingerprint density at radius 2 is 2.00 bits per heavy atom. The van der Waals surface area contributed by atoms with Crippen LogP contribution in [0.4, 0.5) is 0 Å². The summed E-state index contributed by atoms with van der Waals surface area (Å²) in [5.74, 6) is -0.0369. The summed E-state index contributed by atoms with van der Waals surface area (Å²) in [7, 11) is 1.55. The standard InChI is InChI=1S/C18H23N3O3/c1-3-14(15-7-5-4-6-8-15)13-19-18(23)16-9-10-17(22)21(20-16)11-12-24-2/h4-10,14H,3,11-13H2,1-2H3,(H,19,23)/t14-/m1/s1. The van der Waals surface area contributed by atoms with Crippen LogP contribution in [0.3, 0.4) is 0 Å². The molecular formula is C18H23N3O3. The average Bonchev–Trinajstić information content (AvgIpc) is 2.62. The summed E-state index contributed by atoms with van der Waals surface area (Å²) < 4.78 is 6.19. The molecule has 0 unspecified atom stereocenters. The largest absolute Gasteiger partial charge is 0.383 e. The fraction of sp³-hybridized carbons (Fsp3) is 0.389. The van der Waals surface area contributed by atoms with E-state index in [1.807, 2.05) is 18.2 Å². The number of rotatable bonds is 8. The molecule has 0 bridgehead atoms. The summed E-state index contributed by atoms with van der Waals surface area (Å²) >= 11 is 0. The molecular weight excluding hydrogens is 306 g/mol. The fourth-order valence-electron chi connectivity index (χ4n) is 2.44. The molecule has 1 aromatic heterocycles. The lowest BCUT2D eigenvalue weighted by atomic mass is 9.96. The Morgan fingerprint density at radius 1 is 1.25 bits per heavy atom. The first-order valence-electron chi connectivity index (χ1n) is 8.06. The first kappa shape index (κ1) is 17.9. The Bertz CT molecular complexity index is 713. The van der Waals surface area contributed by atoms with Crippen molar-refractivity contribution < 1.29 is 9.53 Å². The van der Waals surface area contributed by atoms with Crippen LogP contribution in [0.1, 0.15) is 35.3 Å². The van der Waals surface area contributed by atoms with E-state index in [1.54, 1.807) is 7.11 Å². The summed E-state index contributed by atoms with van der Waals surface area (Å²) in [5, 5.41) is 7.00. The van der Waals surface area contributed by atoms with Gasteiger partial charge in [-0.1, -0.05) is 37.3 Å². The zero-order valence-corrected chi connectivity index (χ0v) is 14.1. The molecule has 24 heavy (non-hydrogen) atoms. The second kappa shape index (κ2) is 8.98. The third-order valence-corrected chi connectivity index (χ3v) is 3.88. The van der Waals surface area contributed by atoms with E-state index in [-0.39, 0.29) is 23.1 Å². The summed E-state index contributed by atoms with van der Waals surface area (Å²) in [6, 6.07) is 12.9. The summed E-state index contributed by atoms with van der Waals surface area (Å²) in [6.45, 7) is 3.30. The van der Waals surface area contributed by atoms with E-state index >= 15 is 0 Å². The SMILES string of the molecule is CC[C@H](CNC(=O)c1ccc(=O)n(CCOC)n1)c1ccccc1. The summed E-state index contributed by atoms with van der Waals surface area (Å²) in [6.07, 6.45) is 0.922. The second-order valence-corrected chi connectivity index (χ2v) is 5.50. The maximum atomic E-state index is 12.3. The van der Waals surface area contributed by atoms with Gasteiger partial charge < -0.3 is 10.1 Å². The molecule has 0 aliphatic carbocycles. The quantitative estimate of drug-likeness (QED) is 0.802. The number of nitrogens with one attached hydrogen (secondary N) is 1. The zero-order chi connectivity index (χ0) is 17.4. The van der Waals surface area contributed by atoms with Gasteiger partial charge in [0, 0.05) is 25.6 Å². The molecule has 1 N–H and O–H groups in total. The molecule has 0 fully saturated rings. The van der Waals surface area contributed by atoms with Crippen molar-refractivity contribution in [2.75, 3.05) is 20.3 Å². The van der Waals surface area contributed by atoms with Crippen LogP contribution in [0.5, 0.6) is 0 Å². The molecule has 2 rings (SSSR count). The number of benzene rings is 1. The molecule has 0 saturated heterocycles. The van der Waals surface area contributed by atoms with Gasteiger partial charge >= 0.3 is 0 Å². The molecule has 1 amide bonds. The maximum absolute atomic E-state index is 12.3. The first-order valence-corrected chi connectivity index (χ1v) is 8.06. The summed E-state index contributed by atoms with van der Waals surface area (Å²) in [5.41, 5.74) is 1.17. The molecule has 0 aliphatic heterocycles. The van der Waals surface area contributed by atoms with Crippen molar-refractivity contribution in [3.63, 3.8) is 0 Å². The average molecular weight is 329 g/mol. The molecule has 0 aliphatic rings. The van der Waals surface area contributed by atoms with Gasteiger partial charge in [-0.2, -0.15) is 5.10 Å². The zero-order valence-electron chi connectivity index (χ0n) is 14.1. The molecule has 0 radical (unpaired) electrons. The summed E-state index contributed by atoms with van der Waals surface area (Å²) in [4.78, 5) is 24.0. The minimum Gasteiger partial charge on any atom is -0.383 e. The van der Waals surface area contributed by atoms with E-state index in [9.17, 15) is 9.59 Å². The van der Waals surface area contributed by atoms with E-state index in [0.717, 1.165) is 6.42 Å².